The number of halogens is 1. The number of ketones is 1. The van der Waals surface area contributed by atoms with Gasteiger partial charge in [-0.2, -0.15) is 0 Å². The molecular formula is C8H9FO2. The predicted molar refractivity (Wildman–Crippen MR) is 38.8 cm³/mol. The molecular weight excluding hydrogens is 147 g/mol. The smallest absolute Gasteiger partial charge is 0.191 e. The van der Waals surface area contributed by atoms with Crippen molar-refractivity contribution in [1.29, 1.82) is 0 Å². The van der Waals surface area contributed by atoms with Gasteiger partial charge in [-0.05, 0) is 18.6 Å². The van der Waals surface area contributed by atoms with E-state index in [1.807, 2.05) is 0 Å². The number of rotatable bonds is 1. The first-order valence-electron chi connectivity index (χ1n) is 3.28. The molecule has 1 atom stereocenters. The van der Waals surface area contributed by atoms with Gasteiger partial charge in [-0.25, -0.2) is 4.39 Å². The Labute approximate surface area is 64.3 Å². The summed E-state index contributed by atoms with van der Waals surface area (Å²) >= 11 is 0. The van der Waals surface area contributed by atoms with Gasteiger partial charge in [0.05, 0.1) is 0 Å². The van der Waals surface area contributed by atoms with Crippen LogP contribution in [0.5, 0.6) is 0 Å². The van der Waals surface area contributed by atoms with E-state index in [0.29, 0.717) is 5.57 Å². The standard InChI is InChI=1S/C8H9FO2/c1-5-3-4-6(10)8(11-2)7(5)9/h3-4,8H,1-2H3. The lowest BCUT2D eigenvalue weighted by atomic mass is 10.0. The van der Waals surface area contributed by atoms with Gasteiger partial charge < -0.3 is 4.74 Å². The second-order valence-electron chi connectivity index (χ2n) is 2.38. The highest BCUT2D eigenvalue weighted by Gasteiger charge is 2.24. The molecule has 2 nitrogen and oxygen atoms in total. The summed E-state index contributed by atoms with van der Waals surface area (Å²) in [5, 5.41) is 0. The van der Waals surface area contributed by atoms with Crippen LogP contribution in [-0.2, 0) is 9.53 Å². The van der Waals surface area contributed by atoms with E-state index < -0.39 is 11.9 Å². The molecule has 0 spiro atoms. The molecule has 0 bridgehead atoms. The first kappa shape index (κ1) is 8.14. The number of carbonyl (C=O) groups is 1. The third-order valence-corrected chi connectivity index (χ3v) is 1.60. The van der Waals surface area contributed by atoms with E-state index in [1.54, 1.807) is 6.92 Å². The van der Waals surface area contributed by atoms with E-state index in [4.69, 9.17) is 0 Å². The molecule has 0 fully saturated rings. The molecule has 1 rings (SSSR count). The minimum Gasteiger partial charge on any atom is -0.366 e. The summed E-state index contributed by atoms with van der Waals surface area (Å²) < 4.78 is 17.6. The molecule has 0 radical (unpaired) electrons. The number of methoxy groups -OCH3 is 1. The van der Waals surface area contributed by atoms with E-state index >= 15 is 0 Å². The Balaban J connectivity index is 2.96. The first-order chi connectivity index (χ1) is 5.16. The van der Waals surface area contributed by atoms with Crippen molar-refractivity contribution in [3.05, 3.63) is 23.6 Å². The van der Waals surface area contributed by atoms with Crippen LogP contribution in [0.3, 0.4) is 0 Å². The van der Waals surface area contributed by atoms with Gasteiger partial charge >= 0.3 is 0 Å². The van der Waals surface area contributed by atoms with Crippen molar-refractivity contribution in [1.82, 2.24) is 0 Å². The third kappa shape index (κ3) is 1.38. The van der Waals surface area contributed by atoms with E-state index in [0.717, 1.165) is 0 Å². The second-order valence-corrected chi connectivity index (χ2v) is 2.38. The van der Waals surface area contributed by atoms with E-state index in [1.165, 1.54) is 19.3 Å². The van der Waals surface area contributed by atoms with Crippen molar-refractivity contribution in [3.63, 3.8) is 0 Å². The zero-order valence-electron chi connectivity index (χ0n) is 6.43. The van der Waals surface area contributed by atoms with Crippen LogP contribution in [0.1, 0.15) is 6.92 Å². The molecule has 1 aliphatic carbocycles. The predicted octanol–water partition coefficient (Wildman–Crippen LogP) is 1.38. The number of allylic oxidation sites excluding steroid dienone is 2. The maximum atomic E-state index is 13.0. The number of hydrogen-bond donors (Lipinski definition) is 0. The van der Waals surface area contributed by atoms with Crippen molar-refractivity contribution in [3.8, 4) is 0 Å². The summed E-state index contributed by atoms with van der Waals surface area (Å²) in [6.45, 7) is 1.60. The molecule has 0 heterocycles. The van der Waals surface area contributed by atoms with Crippen molar-refractivity contribution < 1.29 is 13.9 Å². The fourth-order valence-corrected chi connectivity index (χ4v) is 0.925. The minimum absolute atomic E-state index is 0.337. The maximum Gasteiger partial charge on any atom is 0.191 e. The molecule has 0 aromatic rings. The zero-order valence-corrected chi connectivity index (χ0v) is 6.43. The molecule has 0 amide bonds. The Morgan fingerprint density at radius 2 is 2.18 bits per heavy atom. The average Bonchev–Trinajstić information content (AvgIpc) is 1.99. The van der Waals surface area contributed by atoms with Gasteiger partial charge in [0.25, 0.3) is 0 Å². The van der Waals surface area contributed by atoms with Crippen molar-refractivity contribution in [2.45, 2.75) is 13.0 Å². The van der Waals surface area contributed by atoms with E-state index in [9.17, 15) is 9.18 Å². The second kappa shape index (κ2) is 2.96. The molecule has 0 aromatic carbocycles. The number of hydrogen-bond acceptors (Lipinski definition) is 2. The summed E-state index contributed by atoms with van der Waals surface area (Å²) in [5.74, 6) is -0.824. The Morgan fingerprint density at radius 1 is 1.55 bits per heavy atom. The van der Waals surface area contributed by atoms with Gasteiger partial charge in [-0.15, -0.1) is 0 Å². The van der Waals surface area contributed by atoms with Gasteiger partial charge in [0, 0.05) is 7.11 Å². The van der Waals surface area contributed by atoms with Crippen molar-refractivity contribution >= 4 is 5.78 Å². The van der Waals surface area contributed by atoms with Gasteiger partial charge in [0.15, 0.2) is 11.9 Å². The summed E-state index contributed by atoms with van der Waals surface area (Å²) in [6, 6.07) is 0. The fourth-order valence-electron chi connectivity index (χ4n) is 0.925. The molecule has 60 valence electrons. The lowest BCUT2D eigenvalue weighted by Crippen LogP contribution is -2.24. The lowest BCUT2D eigenvalue weighted by molar-refractivity contribution is -0.123. The van der Waals surface area contributed by atoms with Crippen LogP contribution in [0.25, 0.3) is 0 Å². The average molecular weight is 156 g/mol. The topological polar surface area (TPSA) is 26.3 Å². The van der Waals surface area contributed by atoms with Crippen molar-refractivity contribution in [2.75, 3.05) is 7.11 Å². The van der Waals surface area contributed by atoms with Gasteiger partial charge in [0.2, 0.25) is 0 Å². The van der Waals surface area contributed by atoms with Crippen LogP contribution >= 0.6 is 0 Å². The molecule has 3 heteroatoms. The largest absolute Gasteiger partial charge is 0.366 e. The van der Waals surface area contributed by atoms with Crippen LogP contribution in [0.15, 0.2) is 23.6 Å². The summed E-state index contributed by atoms with van der Waals surface area (Å²) in [7, 11) is 1.31. The summed E-state index contributed by atoms with van der Waals surface area (Å²) in [5.41, 5.74) is 0.455. The highest BCUT2D eigenvalue weighted by molar-refractivity contribution is 5.97. The Kier molecular flexibility index (Phi) is 2.19. The zero-order chi connectivity index (χ0) is 8.43. The SMILES string of the molecule is COC1C(=O)C=CC(C)=C1F. The van der Waals surface area contributed by atoms with E-state index in [2.05, 4.69) is 4.74 Å². The monoisotopic (exact) mass is 156 g/mol. The van der Waals surface area contributed by atoms with Crippen molar-refractivity contribution in [2.24, 2.45) is 0 Å². The number of carbonyl (C=O) groups excluding carboxylic acids is 1. The molecule has 0 N–H and O–H groups in total. The third-order valence-electron chi connectivity index (χ3n) is 1.60. The van der Waals surface area contributed by atoms with Gasteiger partial charge in [0.1, 0.15) is 5.83 Å². The van der Waals surface area contributed by atoms with E-state index in [-0.39, 0.29) is 5.78 Å². The van der Waals surface area contributed by atoms with Gasteiger partial charge in [-0.1, -0.05) is 6.08 Å². The van der Waals surface area contributed by atoms with Crippen LogP contribution in [0.4, 0.5) is 4.39 Å². The Bertz CT molecular complexity index is 240. The fraction of sp³-hybridized carbons (Fsp3) is 0.375. The molecule has 11 heavy (non-hydrogen) atoms. The Morgan fingerprint density at radius 3 is 2.64 bits per heavy atom. The highest BCUT2D eigenvalue weighted by atomic mass is 19.1. The lowest BCUT2D eigenvalue weighted by Gasteiger charge is -2.14. The molecule has 0 aliphatic heterocycles. The van der Waals surface area contributed by atoms with Crippen LogP contribution < -0.4 is 0 Å². The maximum absolute atomic E-state index is 13.0. The first-order valence-corrected chi connectivity index (χ1v) is 3.28. The van der Waals surface area contributed by atoms with Crippen LogP contribution in [0.2, 0.25) is 0 Å². The summed E-state index contributed by atoms with van der Waals surface area (Å²) in [4.78, 5) is 10.9. The van der Waals surface area contributed by atoms with Gasteiger partial charge in [-0.3, -0.25) is 4.79 Å². The molecule has 0 aromatic heterocycles. The van der Waals surface area contributed by atoms with Crippen LogP contribution in [0, 0.1) is 0 Å². The minimum atomic E-state index is -1.01. The normalized spacial score (nSPS) is 24.6. The molecule has 0 saturated carbocycles. The van der Waals surface area contributed by atoms with Crippen LogP contribution in [-0.4, -0.2) is 19.0 Å². The molecule has 1 unspecified atom stereocenters. The molecule has 1 aliphatic rings. The highest BCUT2D eigenvalue weighted by Crippen LogP contribution is 2.19. The summed E-state index contributed by atoms with van der Waals surface area (Å²) in [6.07, 6.45) is 1.76. The number of ether oxygens (including phenoxy) is 1. The Hall–Kier alpha value is -0.960. The molecule has 0 saturated heterocycles. The quantitative estimate of drug-likeness (QED) is 0.573.